The van der Waals surface area contributed by atoms with Crippen molar-refractivity contribution in [2.75, 3.05) is 11.9 Å². The number of rotatable bonds is 6. The van der Waals surface area contributed by atoms with Crippen LogP contribution in [-0.2, 0) is 4.79 Å². The monoisotopic (exact) mass is 498 g/mol. The number of pyridine rings is 1. The molecule has 0 aliphatic rings. The molecule has 0 radical (unpaired) electrons. The molecule has 0 spiro atoms. The lowest BCUT2D eigenvalue weighted by Crippen LogP contribution is -2.21. The molecule has 2 heterocycles. The van der Waals surface area contributed by atoms with E-state index in [1.165, 1.54) is 12.3 Å². The Morgan fingerprint density at radius 3 is 2.84 bits per heavy atom. The lowest BCUT2D eigenvalue weighted by atomic mass is 10.0. The number of nitrogens with one attached hydrogen (secondary N) is 2. The Balaban J connectivity index is 1.51. The minimum atomic E-state index is -0.362. The van der Waals surface area contributed by atoms with Gasteiger partial charge in [0.1, 0.15) is 5.75 Å². The maximum absolute atomic E-state index is 12.9. The van der Waals surface area contributed by atoms with Crippen LogP contribution < -0.4 is 10.1 Å². The van der Waals surface area contributed by atoms with Crippen molar-refractivity contribution in [3.63, 3.8) is 0 Å². The molecule has 7 nitrogen and oxygen atoms in total. The minimum Gasteiger partial charge on any atom is -0.483 e. The highest BCUT2D eigenvalue weighted by Crippen LogP contribution is 2.27. The number of imidazole rings is 1. The molecule has 4 aromatic rings. The molecule has 0 atom stereocenters. The Kier molecular flexibility index (Phi) is 6.01. The first kappa shape index (κ1) is 21.0. The van der Waals surface area contributed by atoms with Crippen LogP contribution >= 0.6 is 27.5 Å². The summed E-state index contributed by atoms with van der Waals surface area (Å²) >= 11 is 9.39. The van der Waals surface area contributed by atoms with Gasteiger partial charge < -0.3 is 15.0 Å². The summed E-state index contributed by atoms with van der Waals surface area (Å²) in [6.07, 6.45) is 4.64. The van der Waals surface area contributed by atoms with E-state index in [4.69, 9.17) is 16.3 Å². The van der Waals surface area contributed by atoms with Crippen LogP contribution in [0.2, 0.25) is 5.02 Å². The van der Waals surface area contributed by atoms with Gasteiger partial charge in [-0.25, -0.2) is 4.98 Å². The number of H-pyrrole nitrogens is 1. The quantitative estimate of drug-likeness (QED) is 0.367. The summed E-state index contributed by atoms with van der Waals surface area (Å²) in [4.78, 5) is 36.7. The summed E-state index contributed by atoms with van der Waals surface area (Å²) < 4.78 is 6.34. The number of ketones is 1. The zero-order valence-electron chi connectivity index (χ0n) is 16.3. The summed E-state index contributed by atoms with van der Waals surface area (Å²) in [6.45, 7) is 1.60. The summed E-state index contributed by atoms with van der Waals surface area (Å²) in [5.41, 5.74) is 3.77. The van der Waals surface area contributed by atoms with Crippen molar-refractivity contribution in [1.82, 2.24) is 15.0 Å². The zero-order chi connectivity index (χ0) is 22.0. The van der Waals surface area contributed by atoms with E-state index in [0.29, 0.717) is 20.7 Å². The second-order valence-corrected chi connectivity index (χ2v) is 8.14. The van der Waals surface area contributed by atoms with Gasteiger partial charge in [-0.2, -0.15) is 0 Å². The number of hydrogen-bond acceptors (Lipinski definition) is 5. The number of ether oxygens (including phenoxy) is 1. The second-order valence-electron chi connectivity index (χ2n) is 6.79. The van der Waals surface area contributed by atoms with Gasteiger partial charge in [0.15, 0.2) is 12.4 Å². The maximum Gasteiger partial charge on any atom is 0.262 e. The van der Waals surface area contributed by atoms with Gasteiger partial charge in [0.2, 0.25) is 0 Å². The molecule has 2 aromatic heterocycles. The average molecular weight is 500 g/mol. The molecule has 1 amide bonds. The number of aryl methyl sites for hydroxylation is 1. The standard InChI is InChI=1S/C22H16BrClN4O3/c1-12-4-18-19(27-11-26-18)7-17(12)28-21(29)10-31-20-3-2-15(24)6-16(20)22(30)13-5-14(23)9-25-8-13/h2-9,11H,10H2,1H3,(H,26,27)(H,28,29). The fourth-order valence-electron chi connectivity index (χ4n) is 3.05. The average Bonchev–Trinajstić information content (AvgIpc) is 3.19. The van der Waals surface area contributed by atoms with Crippen LogP contribution in [0.5, 0.6) is 5.75 Å². The third kappa shape index (κ3) is 4.76. The number of hydrogen-bond donors (Lipinski definition) is 2. The molecule has 0 unspecified atom stereocenters. The Hall–Kier alpha value is -3.23. The SMILES string of the molecule is Cc1cc2nc[nH]c2cc1NC(=O)COc1ccc(Cl)cc1C(=O)c1cncc(Br)c1. The van der Waals surface area contributed by atoms with Crippen molar-refractivity contribution in [2.24, 2.45) is 0 Å². The number of nitrogens with zero attached hydrogens (tertiary/aromatic N) is 2. The van der Waals surface area contributed by atoms with Crippen LogP contribution in [0.4, 0.5) is 5.69 Å². The molecular weight excluding hydrogens is 484 g/mol. The maximum atomic E-state index is 12.9. The molecule has 9 heteroatoms. The van der Waals surface area contributed by atoms with E-state index >= 15 is 0 Å². The first-order valence-corrected chi connectivity index (χ1v) is 10.4. The number of aromatic nitrogens is 3. The van der Waals surface area contributed by atoms with E-state index < -0.39 is 0 Å². The van der Waals surface area contributed by atoms with Crippen molar-refractivity contribution in [2.45, 2.75) is 6.92 Å². The van der Waals surface area contributed by atoms with Gasteiger partial charge in [0.25, 0.3) is 5.91 Å². The van der Waals surface area contributed by atoms with E-state index in [0.717, 1.165) is 16.6 Å². The molecule has 156 valence electrons. The first-order chi connectivity index (χ1) is 14.9. The van der Waals surface area contributed by atoms with E-state index in [1.807, 2.05) is 19.1 Å². The van der Waals surface area contributed by atoms with Crippen molar-refractivity contribution >= 4 is 55.9 Å². The number of aromatic amines is 1. The van der Waals surface area contributed by atoms with Crippen LogP contribution in [-0.4, -0.2) is 33.2 Å². The molecule has 0 bridgehead atoms. The largest absolute Gasteiger partial charge is 0.483 e. The van der Waals surface area contributed by atoms with Gasteiger partial charge in [-0.15, -0.1) is 0 Å². The molecule has 0 fully saturated rings. The topological polar surface area (TPSA) is 97.0 Å². The van der Waals surface area contributed by atoms with Gasteiger partial charge in [0.05, 0.1) is 22.9 Å². The third-order valence-corrected chi connectivity index (χ3v) is 5.22. The lowest BCUT2D eigenvalue weighted by molar-refractivity contribution is -0.118. The van der Waals surface area contributed by atoms with Gasteiger partial charge in [0, 0.05) is 33.1 Å². The Morgan fingerprint density at radius 2 is 2.03 bits per heavy atom. The molecule has 4 rings (SSSR count). The Labute approximate surface area is 190 Å². The lowest BCUT2D eigenvalue weighted by Gasteiger charge is -2.13. The zero-order valence-corrected chi connectivity index (χ0v) is 18.6. The fourth-order valence-corrected chi connectivity index (χ4v) is 3.58. The molecule has 0 aliphatic heterocycles. The van der Waals surface area contributed by atoms with Gasteiger partial charge in [-0.3, -0.25) is 14.6 Å². The first-order valence-electron chi connectivity index (χ1n) is 9.22. The number of halogens is 2. The number of fused-ring (bicyclic) bond motifs is 1. The van der Waals surface area contributed by atoms with Crippen molar-refractivity contribution in [1.29, 1.82) is 0 Å². The van der Waals surface area contributed by atoms with E-state index in [2.05, 4.69) is 36.2 Å². The summed E-state index contributed by atoms with van der Waals surface area (Å²) in [6, 6.07) is 10.0. The smallest absolute Gasteiger partial charge is 0.262 e. The molecule has 2 aromatic carbocycles. The number of anilines is 1. The fraction of sp³-hybridized carbons (Fsp3) is 0.0909. The van der Waals surface area contributed by atoms with Gasteiger partial charge in [-0.1, -0.05) is 11.6 Å². The highest BCUT2D eigenvalue weighted by Gasteiger charge is 2.17. The minimum absolute atomic E-state index is 0.246. The Bertz CT molecular complexity index is 1310. The van der Waals surface area contributed by atoms with Crippen molar-refractivity contribution in [3.05, 3.63) is 81.3 Å². The van der Waals surface area contributed by atoms with E-state index in [9.17, 15) is 9.59 Å². The molecule has 2 N–H and O–H groups in total. The van der Waals surface area contributed by atoms with Crippen LogP contribution in [0, 0.1) is 6.92 Å². The van der Waals surface area contributed by atoms with Crippen LogP contribution in [0.1, 0.15) is 21.5 Å². The number of benzene rings is 2. The van der Waals surface area contributed by atoms with E-state index in [-0.39, 0.29) is 29.6 Å². The summed E-state index contributed by atoms with van der Waals surface area (Å²) in [5.74, 6) is -0.419. The molecule has 31 heavy (non-hydrogen) atoms. The summed E-state index contributed by atoms with van der Waals surface area (Å²) in [5, 5.41) is 3.20. The molecular formula is C22H16BrClN4O3. The summed E-state index contributed by atoms with van der Waals surface area (Å²) in [7, 11) is 0. The predicted molar refractivity (Wildman–Crippen MR) is 122 cm³/mol. The van der Waals surface area contributed by atoms with Gasteiger partial charge in [-0.05, 0) is 64.8 Å². The van der Waals surface area contributed by atoms with Crippen LogP contribution in [0.3, 0.4) is 0 Å². The normalized spacial score (nSPS) is 10.8. The van der Waals surface area contributed by atoms with Gasteiger partial charge >= 0.3 is 0 Å². The van der Waals surface area contributed by atoms with Crippen LogP contribution in [0.15, 0.2) is 59.6 Å². The third-order valence-electron chi connectivity index (χ3n) is 4.55. The predicted octanol–water partition coefficient (Wildman–Crippen LogP) is 4.93. The van der Waals surface area contributed by atoms with E-state index in [1.54, 1.807) is 30.7 Å². The number of carbonyl (C=O) groups is 2. The molecule has 0 saturated heterocycles. The second kappa shape index (κ2) is 8.87. The highest BCUT2D eigenvalue weighted by atomic mass is 79.9. The Morgan fingerprint density at radius 1 is 1.19 bits per heavy atom. The van der Waals surface area contributed by atoms with Crippen molar-refractivity contribution in [3.8, 4) is 5.75 Å². The molecule has 0 saturated carbocycles. The number of carbonyl (C=O) groups excluding carboxylic acids is 2. The molecule has 0 aliphatic carbocycles. The van der Waals surface area contributed by atoms with Crippen molar-refractivity contribution < 1.29 is 14.3 Å². The highest BCUT2D eigenvalue weighted by molar-refractivity contribution is 9.10. The van der Waals surface area contributed by atoms with Crippen LogP contribution in [0.25, 0.3) is 11.0 Å². The number of amides is 1.